The third-order valence-corrected chi connectivity index (χ3v) is 4.94. The zero-order chi connectivity index (χ0) is 21.3. The molecular formula is C25H20N2O3. The van der Waals surface area contributed by atoms with Crippen LogP contribution in [0.25, 0.3) is 6.08 Å². The molecule has 0 aromatic heterocycles. The standard InChI is InChI=1S/C25H20N2O3/c1-17-8-12-20(13-9-17)26-23(28)22(16-19-6-4-3-5-7-19)24(29)27(25(26)30)21-14-10-18(2)11-15-21/h3-16H,1-2H3. The van der Waals surface area contributed by atoms with Gasteiger partial charge in [-0.15, -0.1) is 0 Å². The van der Waals surface area contributed by atoms with E-state index in [-0.39, 0.29) is 5.57 Å². The molecule has 30 heavy (non-hydrogen) atoms. The Bertz CT molecular complexity index is 1080. The van der Waals surface area contributed by atoms with E-state index >= 15 is 0 Å². The first-order valence-electron chi connectivity index (χ1n) is 9.58. The van der Waals surface area contributed by atoms with E-state index in [1.165, 1.54) is 6.08 Å². The zero-order valence-electron chi connectivity index (χ0n) is 16.7. The number of hydrogen-bond donors (Lipinski definition) is 0. The Kier molecular flexibility index (Phi) is 5.02. The van der Waals surface area contributed by atoms with Crippen LogP contribution in [0.15, 0.2) is 84.4 Å². The number of carbonyl (C=O) groups is 3. The minimum Gasteiger partial charge on any atom is -0.268 e. The fourth-order valence-corrected chi connectivity index (χ4v) is 3.29. The number of rotatable bonds is 3. The highest BCUT2D eigenvalue weighted by Crippen LogP contribution is 2.30. The van der Waals surface area contributed by atoms with E-state index < -0.39 is 17.8 Å². The van der Waals surface area contributed by atoms with Crippen LogP contribution in [0.5, 0.6) is 0 Å². The summed E-state index contributed by atoms with van der Waals surface area (Å²) in [7, 11) is 0. The number of imide groups is 2. The first-order valence-corrected chi connectivity index (χ1v) is 9.58. The molecule has 5 nitrogen and oxygen atoms in total. The lowest BCUT2D eigenvalue weighted by Crippen LogP contribution is -2.57. The molecule has 0 bridgehead atoms. The van der Waals surface area contributed by atoms with Gasteiger partial charge in [0.25, 0.3) is 11.8 Å². The van der Waals surface area contributed by atoms with E-state index in [4.69, 9.17) is 0 Å². The monoisotopic (exact) mass is 396 g/mol. The normalized spacial score (nSPS) is 14.3. The van der Waals surface area contributed by atoms with Crippen molar-refractivity contribution >= 4 is 35.3 Å². The SMILES string of the molecule is Cc1ccc(N2C(=O)C(=Cc3ccccc3)C(=O)N(c3ccc(C)cc3)C2=O)cc1. The predicted octanol–water partition coefficient (Wildman–Crippen LogP) is 4.89. The Balaban J connectivity index is 1.86. The Labute approximate surface area is 174 Å². The molecule has 3 aromatic carbocycles. The van der Waals surface area contributed by atoms with Crippen molar-refractivity contribution < 1.29 is 14.4 Å². The van der Waals surface area contributed by atoms with Crippen LogP contribution in [-0.4, -0.2) is 17.8 Å². The molecule has 0 atom stereocenters. The van der Waals surface area contributed by atoms with Crippen LogP contribution >= 0.6 is 0 Å². The molecule has 0 N–H and O–H groups in total. The van der Waals surface area contributed by atoms with Crippen LogP contribution < -0.4 is 9.80 Å². The van der Waals surface area contributed by atoms with Crippen LogP contribution in [0.3, 0.4) is 0 Å². The molecule has 0 unspecified atom stereocenters. The fraction of sp³-hybridized carbons (Fsp3) is 0.0800. The molecule has 1 fully saturated rings. The average Bonchev–Trinajstić information content (AvgIpc) is 2.75. The molecule has 148 valence electrons. The molecule has 3 aromatic rings. The van der Waals surface area contributed by atoms with E-state index in [1.807, 2.05) is 56.3 Å². The van der Waals surface area contributed by atoms with Gasteiger partial charge in [-0.05, 0) is 49.8 Å². The van der Waals surface area contributed by atoms with Gasteiger partial charge in [0.2, 0.25) is 0 Å². The minimum absolute atomic E-state index is 0.0676. The van der Waals surface area contributed by atoms with Crippen LogP contribution in [-0.2, 0) is 9.59 Å². The van der Waals surface area contributed by atoms with Gasteiger partial charge in [0.15, 0.2) is 0 Å². The third-order valence-electron chi connectivity index (χ3n) is 4.94. The molecule has 4 amide bonds. The van der Waals surface area contributed by atoms with Crippen LogP contribution in [0, 0.1) is 13.8 Å². The second-order valence-electron chi connectivity index (χ2n) is 7.20. The number of urea groups is 1. The zero-order valence-corrected chi connectivity index (χ0v) is 16.7. The smallest absolute Gasteiger partial charge is 0.268 e. The molecule has 0 aliphatic carbocycles. The van der Waals surface area contributed by atoms with Crippen molar-refractivity contribution in [2.75, 3.05) is 9.80 Å². The van der Waals surface area contributed by atoms with Gasteiger partial charge >= 0.3 is 6.03 Å². The van der Waals surface area contributed by atoms with Crippen molar-refractivity contribution in [1.82, 2.24) is 0 Å². The van der Waals surface area contributed by atoms with E-state index in [0.29, 0.717) is 16.9 Å². The lowest BCUT2D eigenvalue weighted by molar-refractivity contribution is -0.121. The molecule has 0 saturated carbocycles. The summed E-state index contributed by atoms with van der Waals surface area (Å²) in [6.07, 6.45) is 1.53. The summed E-state index contributed by atoms with van der Waals surface area (Å²) >= 11 is 0. The summed E-state index contributed by atoms with van der Waals surface area (Å²) in [5.74, 6) is -1.28. The van der Waals surface area contributed by atoms with Gasteiger partial charge in [0, 0.05) is 0 Å². The minimum atomic E-state index is -0.692. The predicted molar refractivity (Wildman–Crippen MR) is 117 cm³/mol. The number of carbonyl (C=O) groups excluding carboxylic acids is 3. The first-order chi connectivity index (χ1) is 14.5. The molecule has 1 saturated heterocycles. The van der Waals surface area contributed by atoms with E-state index in [1.54, 1.807) is 36.4 Å². The molecule has 0 radical (unpaired) electrons. The Morgan fingerprint density at radius 1 is 0.600 bits per heavy atom. The largest absolute Gasteiger partial charge is 0.343 e. The number of anilines is 2. The van der Waals surface area contributed by atoms with Crippen molar-refractivity contribution in [3.63, 3.8) is 0 Å². The number of nitrogens with zero attached hydrogens (tertiary/aromatic N) is 2. The van der Waals surface area contributed by atoms with Gasteiger partial charge in [0.1, 0.15) is 5.57 Å². The van der Waals surface area contributed by atoms with Gasteiger partial charge in [-0.2, -0.15) is 0 Å². The maximum absolute atomic E-state index is 13.3. The number of barbiturate groups is 1. The van der Waals surface area contributed by atoms with Gasteiger partial charge < -0.3 is 0 Å². The summed E-state index contributed by atoms with van der Waals surface area (Å²) in [6.45, 7) is 3.85. The van der Waals surface area contributed by atoms with Gasteiger partial charge in [-0.3, -0.25) is 9.59 Å². The molecule has 1 aliphatic rings. The van der Waals surface area contributed by atoms with Crippen molar-refractivity contribution in [1.29, 1.82) is 0 Å². The molecule has 0 spiro atoms. The maximum Gasteiger partial charge on any atom is 0.343 e. The van der Waals surface area contributed by atoms with E-state index in [9.17, 15) is 14.4 Å². The Morgan fingerprint density at radius 3 is 1.47 bits per heavy atom. The molecule has 1 aliphatic heterocycles. The number of hydrogen-bond acceptors (Lipinski definition) is 3. The molecule has 5 heteroatoms. The highest BCUT2D eigenvalue weighted by molar-refractivity contribution is 6.46. The highest BCUT2D eigenvalue weighted by Gasteiger charge is 2.43. The highest BCUT2D eigenvalue weighted by atomic mass is 16.2. The fourth-order valence-electron chi connectivity index (χ4n) is 3.29. The second kappa shape index (κ2) is 7.79. The van der Waals surface area contributed by atoms with Gasteiger partial charge in [-0.1, -0.05) is 65.7 Å². The maximum atomic E-state index is 13.3. The summed E-state index contributed by atoms with van der Waals surface area (Å²) in [5, 5.41) is 0. The van der Waals surface area contributed by atoms with Crippen LogP contribution in [0.1, 0.15) is 16.7 Å². The lowest BCUT2D eigenvalue weighted by atomic mass is 10.0. The quantitative estimate of drug-likeness (QED) is 0.468. The van der Waals surface area contributed by atoms with Crippen LogP contribution in [0.2, 0.25) is 0 Å². The Hall–Kier alpha value is -3.99. The first kappa shape index (κ1) is 19.3. The average molecular weight is 396 g/mol. The number of amides is 4. The second-order valence-corrected chi connectivity index (χ2v) is 7.20. The Morgan fingerprint density at radius 2 is 1.03 bits per heavy atom. The van der Waals surface area contributed by atoms with Crippen molar-refractivity contribution in [2.24, 2.45) is 0 Å². The summed E-state index contributed by atoms with van der Waals surface area (Å²) in [4.78, 5) is 41.9. The number of aryl methyl sites for hydroxylation is 2. The van der Waals surface area contributed by atoms with Gasteiger partial charge in [0.05, 0.1) is 11.4 Å². The number of benzene rings is 3. The third kappa shape index (κ3) is 3.53. The molecule has 4 rings (SSSR count). The summed E-state index contributed by atoms with van der Waals surface area (Å²) < 4.78 is 0. The topological polar surface area (TPSA) is 57.7 Å². The summed E-state index contributed by atoms with van der Waals surface area (Å²) in [5.41, 5.74) is 3.47. The van der Waals surface area contributed by atoms with Crippen molar-refractivity contribution in [3.05, 3.63) is 101 Å². The van der Waals surface area contributed by atoms with Crippen LogP contribution in [0.4, 0.5) is 16.2 Å². The van der Waals surface area contributed by atoms with E-state index in [2.05, 4.69) is 0 Å². The molecule has 1 heterocycles. The summed E-state index contributed by atoms with van der Waals surface area (Å²) in [6, 6.07) is 22.5. The van der Waals surface area contributed by atoms with Crippen molar-refractivity contribution in [2.45, 2.75) is 13.8 Å². The molecular weight excluding hydrogens is 376 g/mol. The lowest BCUT2D eigenvalue weighted by Gasteiger charge is -2.34. The van der Waals surface area contributed by atoms with E-state index in [0.717, 1.165) is 20.9 Å². The van der Waals surface area contributed by atoms with Gasteiger partial charge in [-0.25, -0.2) is 14.6 Å². The van der Waals surface area contributed by atoms with Crippen molar-refractivity contribution in [3.8, 4) is 0 Å².